The summed E-state index contributed by atoms with van der Waals surface area (Å²) < 4.78 is 0. The molecular weight excluding hydrogens is 174 g/mol. The average Bonchev–Trinajstić information content (AvgIpc) is 2.04. The van der Waals surface area contributed by atoms with Crippen molar-refractivity contribution in [1.29, 1.82) is 0 Å². The number of hydrogen-bond donors (Lipinski definition) is 1. The van der Waals surface area contributed by atoms with Crippen molar-refractivity contribution in [3.63, 3.8) is 0 Å². The standard InChI is InChI=1S/C7H5NO2S.CH4/c9-7(8-10)5-3-1-2-4-6(5)11;/h1-4,11H;1H4. The molecule has 64 valence electrons. The Balaban J connectivity index is 0.00000121. The number of nitroso groups, excluding NO2 is 1. The fourth-order valence-electron chi connectivity index (χ4n) is 0.704. The molecule has 0 fully saturated rings. The number of nitrogens with zero attached hydrogens (tertiary/aromatic N) is 1. The maximum atomic E-state index is 10.7. The number of rotatable bonds is 1. The fraction of sp³-hybridized carbons (Fsp3) is 0.125. The molecule has 0 unspecified atom stereocenters. The fourth-order valence-corrected chi connectivity index (χ4v) is 0.960. The lowest BCUT2D eigenvalue weighted by Crippen LogP contribution is -1.93. The summed E-state index contributed by atoms with van der Waals surface area (Å²) >= 11 is 3.97. The normalized spacial score (nSPS) is 8.42. The Morgan fingerprint density at radius 2 is 1.92 bits per heavy atom. The van der Waals surface area contributed by atoms with Crippen LogP contribution < -0.4 is 0 Å². The van der Waals surface area contributed by atoms with E-state index in [9.17, 15) is 9.70 Å². The minimum Gasteiger partial charge on any atom is -0.263 e. The highest BCUT2D eigenvalue weighted by atomic mass is 32.1. The van der Waals surface area contributed by atoms with Gasteiger partial charge in [0, 0.05) is 10.1 Å². The first kappa shape index (κ1) is 10.8. The monoisotopic (exact) mass is 183 g/mol. The zero-order valence-corrected chi connectivity index (χ0v) is 6.41. The molecule has 0 aliphatic heterocycles. The molecule has 0 atom stereocenters. The number of carbonyl (C=O) groups excluding carboxylic acids is 1. The quantitative estimate of drug-likeness (QED) is 0.537. The number of benzene rings is 1. The molecule has 1 aromatic carbocycles. The van der Waals surface area contributed by atoms with Crippen LogP contribution in [0.15, 0.2) is 34.3 Å². The van der Waals surface area contributed by atoms with Crippen LogP contribution in [0.3, 0.4) is 0 Å². The third kappa shape index (κ3) is 2.17. The van der Waals surface area contributed by atoms with Crippen molar-refractivity contribution in [2.24, 2.45) is 5.18 Å². The van der Waals surface area contributed by atoms with E-state index in [2.05, 4.69) is 17.8 Å². The van der Waals surface area contributed by atoms with E-state index in [-0.39, 0.29) is 13.0 Å². The summed E-state index contributed by atoms with van der Waals surface area (Å²) in [4.78, 5) is 21.0. The van der Waals surface area contributed by atoms with Crippen molar-refractivity contribution in [2.45, 2.75) is 12.3 Å². The molecule has 0 aromatic heterocycles. The Kier molecular flexibility index (Phi) is 4.21. The summed E-state index contributed by atoms with van der Waals surface area (Å²) in [5, 5.41) is 2.28. The topological polar surface area (TPSA) is 46.5 Å². The Hall–Kier alpha value is -1.16. The second kappa shape index (κ2) is 4.66. The first-order valence-corrected chi connectivity index (χ1v) is 3.36. The maximum absolute atomic E-state index is 10.7. The highest BCUT2D eigenvalue weighted by Crippen LogP contribution is 2.13. The second-order valence-electron chi connectivity index (χ2n) is 1.91. The number of thiol groups is 1. The molecule has 1 amide bonds. The molecule has 1 aromatic rings. The van der Waals surface area contributed by atoms with Crippen LogP contribution in [-0.2, 0) is 0 Å². The summed E-state index contributed by atoms with van der Waals surface area (Å²) in [7, 11) is 0. The minimum atomic E-state index is -0.782. The van der Waals surface area contributed by atoms with Gasteiger partial charge in [0.15, 0.2) is 0 Å². The van der Waals surface area contributed by atoms with Crippen LogP contribution >= 0.6 is 12.6 Å². The molecule has 3 nitrogen and oxygen atoms in total. The molecule has 0 aliphatic rings. The van der Waals surface area contributed by atoms with Gasteiger partial charge in [-0.25, -0.2) is 0 Å². The number of amides is 1. The van der Waals surface area contributed by atoms with Crippen molar-refractivity contribution in [2.75, 3.05) is 0 Å². The molecule has 0 N–H and O–H groups in total. The molecule has 12 heavy (non-hydrogen) atoms. The second-order valence-corrected chi connectivity index (χ2v) is 2.40. The molecule has 0 spiro atoms. The van der Waals surface area contributed by atoms with E-state index in [4.69, 9.17) is 0 Å². The molecule has 0 aliphatic carbocycles. The van der Waals surface area contributed by atoms with E-state index in [1.54, 1.807) is 18.2 Å². The maximum Gasteiger partial charge on any atom is 0.317 e. The highest BCUT2D eigenvalue weighted by molar-refractivity contribution is 7.80. The van der Waals surface area contributed by atoms with Crippen molar-refractivity contribution in [3.05, 3.63) is 34.7 Å². The molecule has 0 heterocycles. The van der Waals surface area contributed by atoms with E-state index in [1.807, 2.05) is 0 Å². The van der Waals surface area contributed by atoms with Crippen molar-refractivity contribution in [3.8, 4) is 0 Å². The van der Waals surface area contributed by atoms with E-state index in [0.717, 1.165) is 0 Å². The van der Waals surface area contributed by atoms with Crippen LogP contribution in [0, 0.1) is 4.91 Å². The summed E-state index contributed by atoms with van der Waals surface area (Å²) in [6.07, 6.45) is 0. The van der Waals surface area contributed by atoms with Gasteiger partial charge in [-0.15, -0.1) is 17.5 Å². The van der Waals surface area contributed by atoms with E-state index in [0.29, 0.717) is 4.90 Å². The Morgan fingerprint density at radius 3 is 2.42 bits per heavy atom. The van der Waals surface area contributed by atoms with Crippen molar-refractivity contribution >= 4 is 18.5 Å². The third-order valence-corrected chi connectivity index (χ3v) is 1.61. The van der Waals surface area contributed by atoms with Crippen LogP contribution in [0.5, 0.6) is 0 Å². The Bertz CT molecular complexity index is 299. The molecule has 1 rings (SSSR count). The van der Waals surface area contributed by atoms with E-state index >= 15 is 0 Å². The lowest BCUT2D eigenvalue weighted by atomic mass is 10.2. The number of carbonyl (C=O) groups is 1. The first-order chi connectivity index (χ1) is 5.25. The highest BCUT2D eigenvalue weighted by Gasteiger charge is 2.07. The minimum absolute atomic E-state index is 0. The molecule has 4 heteroatoms. The molecule has 0 radical (unpaired) electrons. The van der Waals surface area contributed by atoms with E-state index < -0.39 is 5.91 Å². The van der Waals surface area contributed by atoms with Gasteiger partial charge in [-0.05, 0) is 12.1 Å². The van der Waals surface area contributed by atoms with Gasteiger partial charge in [-0.1, -0.05) is 19.6 Å². The largest absolute Gasteiger partial charge is 0.317 e. The van der Waals surface area contributed by atoms with Gasteiger partial charge in [-0.3, -0.25) is 4.79 Å². The predicted molar refractivity (Wildman–Crippen MR) is 50.6 cm³/mol. The van der Waals surface area contributed by atoms with Gasteiger partial charge in [0.1, 0.15) is 0 Å². The lowest BCUT2D eigenvalue weighted by Gasteiger charge is -1.94. The zero-order chi connectivity index (χ0) is 8.27. The summed E-state index contributed by atoms with van der Waals surface area (Å²) in [5.41, 5.74) is 0.242. The van der Waals surface area contributed by atoms with Gasteiger partial charge in [0.05, 0.1) is 5.56 Å². The van der Waals surface area contributed by atoms with Gasteiger partial charge >= 0.3 is 5.91 Å². The van der Waals surface area contributed by atoms with Crippen molar-refractivity contribution in [1.82, 2.24) is 0 Å². The first-order valence-electron chi connectivity index (χ1n) is 2.91. The molecule has 0 bridgehead atoms. The van der Waals surface area contributed by atoms with Crippen LogP contribution in [0.25, 0.3) is 0 Å². The van der Waals surface area contributed by atoms with Crippen molar-refractivity contribution < 1.29 is 4.79 Å². The lowest BCUT2D eigenvalue weighted by molar-refractivity contribution is 0.0998. The Morgan fingerprint density at radius 1 is 1.33 bits per heavy atom. The smallest absolute Gasteiger partial charge is 0.263 e. The third-order valence-electron chi connectivity index (χ3n) is 1.22. The van der Waals surface area contributed by atoms with Crippen LogP contribution in [0.4, 0.5) is 0 Å². The average molecular weight is 183 g/mol. The predicted octanol–water partition coefficient (Wildman–Crippen LogP) is 2.52. The van der Waals surface area contributed by atoms with Gasteiger partial charge in [-0.2, -0.15) is 0 Å². The van der Waals surface area contributed by atoms with Crippen LogP contribution in [0.2, 0.25) is 0 Å². The van der Waals surface area contributed by atoms with Gasteiger partial charge in [0.2, 0.25) is 0 Å². The van der Waals surface area contributed by atoms with Gasteiger partial charge in [0.25, 0.3) is 0 Å². The van der Waals surface area contributed by atoms with Gasteiger partial charge < -0.3 is 0 Å². The summed E-state index contributed by atoms with van der Waals surface area (Å²) in [5.74, 6) is -0.782. The summed E-state index contributed by atoms with van der Waals surface area (Å²) in [6, 6.07) is 6.51. The molecule has 0 saturated heterocycles. The molecule has 0 saturated carbocycles. The SMILES string of the molecule is C.O=NC(=O)c1ccccc1S. The summed E-state index contributed by atoms with van der Waals surface area (Å²) in [6.45, 7) is 0. The van der Waals surface area contributed by atoms with Crippen LogP contribution in [-0.4, -0.2) is 5.91 Å². The zero-order valence-electron chi connectivity index (χ0n) is 5.52. The van der Waals surface area contributed by atoms with E-state index in [1.165, 1.54) is 6.07 Å². The van der Waals surface area contributed by atoms with Crippen LogP contribution in [0.1, 0.15) is 17.8 Å². The molecular formula is C8H9NO2S. The number of hydrogen-bond acceptors (Lipinski definition) is 3. The Labute approximate surface area is 76.2 Å².